The Kier molecular flexibility index (Phi) is 3.99. The summed E-state index contributed by atoms with van der Waals surface area (Å²) < 4.78 is 5.37. The lowest BCUT2D eigenvalue weighted by Gasteiger charge is -2.10. The molecule has 72 valence electrons. The van der Waals surface area contributed by atoms with Crippen molar-refractivity contribution in [1.29, 1.82) is 0 Å². The van der Waals surface area contributed by atoms with E-state index in [1.807, 2.05) is 6.92 Å². The molecular formula is C9H13ClN2O. The van der Waals surface area contributed by atoms with Gasteiger partial charge in [0.25, 0.3) is 0 Å². The van der Waals surface area contributed by atoms with Gasteiger partial charge < -0.3 is 10.5 Å². The second kappa shape index (κ2) is 5.04. The van der Waals surface area contributed by atoms with Gasteiger partial charge in [-0.15, -0.1) is 0 Å². The van der Waals surface area contributed by atoms with E-state index >= 15 is 0 Å². The molecule has 1 unspecified atom stereocenters. The van der Waals surface area contributed by atoms with Crippen molar-refractivity contribution >= 4 is 11.6 Å². The Labute approximate surface area is 82.9 Å². The second-order valence-corrected chi connectivity index (χ2v) is 3.18. The number of hydrogen-bond donors (Lipinski definition) is 1. The molecule has 1 heterocycles. The van der Waals surface area contributed by atoms with Crippen LogP contribution in [0.25, 0.3) is 0 Å². The molecule has 0 saturated heterocycles. The zero-order valence-electron chi connectivity index (χ0n) is 7.53. The van der Waals surface area contributed by atoms with E-state index in [9.17, 15) is 0 Å². The van der Waals surface area contributed by atoms with Crippen LogP contribution in [0.15, 0.2) is 18.3 Å². The lowest BCUT2D eigenvalue weighted by atomic mass is 10.3. The molecule has 1 rings (SSSR count). The van der Waals surface area contributed by atoms with Crippen molar-refractivity contribution in [2.24, 2.45) is 5.73 Å². The number of hydrogen-bond acceptors (Lipinski definition) is 3. The minimum absolute atomic E-state index is 0.0793. The van der Waals surface area contributed by atoms with Crippen LogP contribution in [0.5, 0.6) is 5.75 Å². The highest BCUT2D eigenvalue weighted by Crippen LogP contribution is 2.12. The van der Waals surface area contributed by atoms with E-state index in [1.165, 1.54) is 0 Å². The lowest BCUT2D eigenvalue weighted by molar-refractivity contribution is 0.284. The molecule has 0 radical (unpaired) electrons. The van der Waals surface area contributed by atoms with Crippen LogP contribution < -0.4 is 10.5 Å². The molecule has 13 heavy (non-hydrogen) atoms. The molecule has 0 amide bonds. The fraction of sp³-hybridized carbons (Fsp3) is 0.444. The summed E-state index contributed by atoms with van der Waals surface area (Å²) in [6, 6.07) is 3.54. The third kappa shape index (κ3) is 3.61. The van der Waals surface area contributed by atoms with Gasteiger partial charge in [0.2, 0.25) is 0 Å². The van der Waals surface area contributed by atoms with Gasteiger partial charge in [0.05, 0.1) is 6.20 Å². The third-order valence-corrected chi connectivity index (χ3v) is 1.91. The van der Waals surface area contributed by atoms with E-state index in [1.54, 1.807) is 18.3 Å². The Balaban J connectivity index is 2.41. The molecule has 0 aromatic carbocycles. The summed E-state index contributed by atoms with van der Waals surface area (Å²) in [5.41, 5.74) is 5.68. The predicted octanol–water partition coefficient (Wildman–Crippen LogP) is 1.85. The number of ether oxygens (including phenoxy) is 1. The maximum atomic E-state index is 5.68. The molecule has 0 spiro atoms. The summed E-state index contributed by atoms with van der Waals surface area (Å²) in [5.74, 6) is 0.702. The maximum absolute atomic E-state index is 5.68. The first-order valence-electron chi connectivity index (χ1n) is 4.22. The Morgan fingerprint density at radius 3 is 2.92 bits per heavy atom. The Hall–Kier alpha value is -0.800. The zero-order chi connectivity index (χ0) is 9.68. The minimum atomic E-state index is 0.0793. The topological polar surface area (TPSA) is 48.1 Å². The van der Waals surface area contributed by atoms with Gasteiger partial charge in [-0.2, -0.15) is 0 Å². The average molecular weight is 201 g/mol. The third-order valence-electron chi connectivity index (χ3n) is 1.69. The largest absolute Gasteiger partial charge is 0.490 e. The monoisotopic (exact) mass is 200 g/mol. The number of rotatable bonds is 4. The quantitative estimate of drug-likeness (QED) is 0.755. The molecule has 0 aliphatic rings. The minimum Gasteiger partial charge on any atom is -0.490 e. The fourth-order valence-corrected chi connectivity index (χ4v) is 0.881. The molecule has 0 fully saturated rings. The zero-order valence-corrected chi connectivity index (χ0v) is 8.29. The Morgan fingerprint density at radius 2 is 2.38 bits per heavy atom. The van der Waals surface area contributed by atoms with Gasteiger partial charge >= 0.3 is 0 Å². The van der Waals surface area contributed by atoms with Crippen LogP contribution in [-0.4, -0.2) is 17.6 Å². The normalized spacial score (nSPS) is 12.5. The first-order chi connectivity index (χ1) is 6.22. The Morgan fingerprint density at radius 1 is 1.62 bits per heavy atom. The second-order valence-electron chi connectivity index (χ2n) is 2.80. The van der Waals surface area contributed by atoms with Crippen LogP contribution in [-0.2, 0) is 0 Å². The van der Waals surface area contributed by atoms with Gasteiger partial charge in [0, 0.05) is 6.04 Å². The number of pyridine rings is 1. The average Bonchev–Trinajstić information content (AvgIpc) is 2.16. The molecule has 0 bridgehead atoms. The van der Waals surface area contributed by atoms with E-state index in [-0.39, 0.29) is 6.04 Å². The van der Waals surface area contributed by atoms with Gasteiger partial charge in [0.1, 0.15) is 17.5 Å². The number of nitrogens with zero attached hydrogens (tertiary/aromatic N) is 1. The number of aromatic nitrogens is 1. The van der Waals surface area contributed by atoms with Gasteiger partial charge in [-0.25, -0.2) is 4.98 Å². The van der Waals surface area contributed by atoms with Crippen LogP contribution in [0.3, 0.4) is 0 Å². The smallest absolute Gasteiger partial charge is 0.137 e. The molecule has 0 aliphatic heterocycles. The highest BCUT2D eigenvalue weighted by molar-refractivity contribution is 6.29. The maximum Gasteiger partial charge on any atom is 0.137 e. The first-order valence-corrected chi connectivity index (χ1v) is 4.60. The van der Waals surface area contributed by atoms with Crippen LogP contribution in [0.4, 0.5) is 0 Å². The van der Waals surface area contributed by atoms with E-state index < -0.39 is 0 Å². The molecule has 2 N–H and O–H groups in total. The highest BCUT2D eigenvalue weighted by Gasteiger charge is 2.00. The number of nitrogens with two attached hydrogens (primary N) is 1. The van der Waals surface area contributed by atoms with Crippen molar-refractivity contribution in [2.45, 2.75) is 19.4 Å². The van der Waals surface area contributed by atoms with Crippen LogP contribution in [0.2, 0.25) is 5.15 Å². The van der Waals surface area contributed by atoms with Crippen molar-refractivity contribution in [3.05, 3.63) is 23.5 Å². The molecular weight excluding hydrogens is 188 g/mol. The van der Waals surface area contributed by atoms with Crippen LogP contribution in [0, 0.1) is 0 Å². The summed E-state index contributed by atoms with van der Waals surface area (Å²) >= 11 is 5.61. The highest BCUT2D eigenvalue weighted by atomic mass is 35.5. The van der Waals surface area contributed by atoms with Crippen LogP contribution >= 0.6 is 11.6 Å². The SMILES string of the molecule is CCC(N)COc1ccc(Cl)nc1. The van der Waals surface area contributed by atoms with E-state index in [0.29, 0.717) is 17.5 Å². The van der Waals surface area contributed by atoms with Crippen molar-refractivity contribution in [1.82, 2.24) is 4.98 Å². The van der Waals surface area contributed by atoms with E-state index in [2.05, 4.69) is 4.98 Å². The van der Waals surface area contributed by atoms with Crippen LogP contribution in [0.1, 0.15) is 13.3 Å². The van der Waals surface area contributed by atoms with E-state index in [0.717, 1.165) is 6.42 Å². The number of halogens is 1. The fourth-order valence-electron chi connectivity index (χ4n) is 0.769. The predicted molar refractivity (Wildman–Crippen MR) is 53.0 cm³/mol. The van der Waals surface area contributed by atoms with Crippen molar-refractivity contribution in [3.8, 4) is 5.75 Å². The Bertz CT molecular complexity index is 250. The van der Waals surface area contributed by atoms with Crippen molar-refractivity contribution in [2.75, 3.05) is 6.61 Å². The molecule has 3 nitrogen and oxygen atoms in total. The first kappa shape index (κ1) is 10.3. The molecule has 0 saturated carbocycles. The standard InChI is InChI=1S/C9H13ClN2O/c1-2-7(11)6-13-8-3-4-9(10)12-5-8/h3-5,7H,2,6,11H2,1H3. The summed E-state index contributed by atoms with van der Waals surface area (Å²) in [6.07, 6.45) is 2.49. The van der Waals surface area contributed by atoms with Crippen molar-refractivity contribution < 1.29 is 4.74 Å². The van der Waals surface area contributed by atoms with Gasteiger partial charge in [0.15, 0.2) is 0 Å². The summed E-state index contributed by atoms with van der Waals surface area (Å²) in [6.45, 7) is 2.54. The van der Waals surface area contributed by atoms with E-state index in [4.69, 9.17) is 22.1 Å². The molecule has 1 aromatic heterocycles. The summed E-state index contributed by atoms with van der Waals surface area (Å²) in [4.78, 5) is 3.88. The molecule has 1 aromatic rings. The van der Waals surface area contributed by atoms with Gasteiger partial charge in [-0.3, -0.25) is 0 Å². The summed E-state index contributed by atoms with van der Waals surface area (Å²) in [5, 5.41) is 0.465. The molecule has 4 heteroatoms. The molecule has 1 atom stereocenters. The summed E-state index contributed by atoms with van der Waals surface area (Å²) in [7, 11) is 0. The van der Waals surface area contributed by atoms with Gasteiger partial charge in [-0.1, -0.05) is 18.5 Å². The molecule has 0 aliphatic carbocycles. The van der Waals surface area contributed by atoms with Gasteiger partial charge in [-0.05, 0) is 18.6 Å². The van der Waals surface area contributed by atoms with Crippen molar-refractivity contribution in [3.63, 3.8) is 0 Å². The lowest BCUT2D eigenvalue weighted by Crippen LogP contribution is -2.26.